The van der Waals surface area contributed by atoms with E-state index < -0.39 is 0 Å². The molecule has 1 aromatic carbocycles. The molecule has 1 fully saturated rings. The highest BCUT2D eigenvalue weighted by Crippen LogP contribution is 2.20. The second-order valence-electron chi connectivity index (χ2n) is 4.98. The molecule has 0 amide bonds. The molecular formula is C14H21FN2O. The van der Waals surface area contributed by atoms with Crippen LogP contribution in [-0.2, 0) is 17.8 Å². The van der Waals surface area contributed by atoms with Gasteiger partial charge in [-0.3, -0.25) is 4.90 Å². The molecule has 1 atom stereocenters. The van der Waals surface area contributed by atoms with Gasteiger partial charge in [0.25, 0.3) is 0 Å². The van der Waals surface area contributed by atoms with Gasteiger partial charge in [0.2, 0.25) is 0 Å². The van der Waals surface area contributed by atoms with Crippen molar-refractivity contribution < 1.29 is 9.13 Å². The fourth-order valence-corrected chi connectivity index (χ4v) is 2.55. The average Bonchev–Trinajstić information content (AvgIpc) is 2.80. The second kappa shape index (κ2) is 6.27. The molecular weight excluding hydrogens is 231 g/mol. The van der Waals surface area contributed by atoms with E-state index >= 15 is 0 Å². The Hall–Kier alpha value is -0.970. The van der Waals surface area contributed by atoms with Crippen LogP contribution in [0.4, 0.5) is 4.39 Å². The first-order valence-electron chi connectivity index (χ1n) is 6.41. The maximum absolute atomic E-state index is 13.7. The van der Waals surface area contributed by atoms with Crippen molar-refractivity contribution in [3.05, 3.63) is 35.1 Å². The Labute approximate surface area is 108 Å². The summed E-state index contributed by atoms with van der Waals surface area (Å²) in [6.07, 6.45) is 1.13. The van der Waals surface area contributed by atoms with Crippen LogP contribution in [0.5, 0.6) is 0 Å². The predicted octanol–water partition coefficient (Wildman–Crippen LogP) is 1.75. The van der Waals surface area contributed by atoms with E-state index in [0.717, 1.165) is 37.2 Å². The number of methoxy groups -OCH3 is 1. The highest BCUT2D eigenvalue weighted by atomic mass is 19.1. The van der Waals surface area contributed by atoms with Crippen molar-refractivity contribution in [1.29, 1.82) is 0 Å². The van der Waals surface area contributed by atoms with Crippen molar-refractivity contribution in [2.75, 3.05) is 26.8 Å². The van der Waals surface area contributed by atoms with Gasteiger partial charge >= 0.3 is 0 Å². The molecule has 4 heteroatoms. The van der Waals surface area contributed by atoms with Gasteiger partial charge in [0.15, 0.2) is 0 Å². The zero-order chi connectivity index (χ0) is 13.0. The molecule has 0 spiro atoms. The Bertz CT molecular complexity index is 397. The lowest BCUT2D eigenvalue weighted by Crippen LogP contribution is -2.22. The summed E-state index contributed by atoms with van der Waals surface area (Å²) >= 11 is 0. The van der Waals surface area contributed by atoms with Crippen LogP contribution in [0.3, 0.4) is 0 Å². The summed E-state index contributed by atoms with van der Waals surface area (Å²) in [5.74, 6) is 0.443. The quantitative estimate of drug-likeness (QED) is 0.867. The fourth-order valence-electron chi connectivity index (χ4n) is 2.55. The van der Waals surface area contributed by atoms with Crippen LogP contribution in [0.25, 0.3) is 0 Å². The smallest absolute Gasteiger partial charge is 0.127 e. The average molecular weight is 252 g/mol. The molecule has 100 valence electrons. The lowest BCUT2D eigenvalue weighted by Gasteiger charge is -2.17. The van der Waals surface area contributed by atoms with E-state index in [9.17, 15) is 4.39 Å². The Kier molecular flexibility index (Phi) is 4.69. The molecule has 0 radical (unpaired) electrons. The molecule has 1 heterocycles. The fraction of sp³-hybridized carbons (Fsp3) is 0.571. The minimum absolute atomic E-state index is 0.137. The molecule has 0 aromatic heterocycles. The highest BCUT2D eigenvalue weighted by Gasteiger charge is 2.22. The number of rotatable bonds is 5. The predicted molar refractivity (Wildman–Crippen MR) is 69.6 cm³/mol. The molecule has 0 bridgehead atoms. The van der Waals surface area contributed by atoms with Crippen LogP contribution in [0.15, 0.2) is 18.2 Å². The van der Waals surface area contributed by atoms with Gasteiger partial charge in [-0.2, -0.15) is 0 Å². The van der Waals surface area contributed by atoms with E-state index in [1.165, 1.54) is 6.07 Å². The minimum Gasteiger partial charge on any atom is -0.384 e. The van der Waals surface area contributed by atoms with Gasteiger partial charge in [-0.15, -0.1) is 0 Å². The van der Waals surface area contributed by atoms with E-state index in [0.29, 0.717) is 19.0 Å². The molecule has 0 aliphatic carbocycles. The van der Waals surface area contributed by atoms with Gasteiger partial charge in [-0.25, -0.2) is 4.39 Å². The Morgan fingerprint density at radius 1 is 1.50 bits per heavy atom. The summed E-state index contributed by atoms with van der Waals surface area (Å²) in [4.78, 5) is 2.28. The molecule has 1 aliphatic rings. The largest absolute Gasteiger partial charge is 0.384 e. The molecule has 1 saturated heterocycles. The number of benzene rings is 1. The number of likely N-dealkylation sites (tertiary alicyclic amines) is 1. The Morgan fingerprint density at radius 3 is 3.06 bits per heavy atom. The van der Waals surface area contributed by atoms with Crippen LogP contribution in [0.2, 0.25) is 0 Å². The minimum atomic E-state index is -0.137. The number of hydrogen-bond acceptors (Lipinski definition) is 3. The third-order valence-electron chi connectivity index (χ3n) is 3.51. The van der Waals surface area contributed by atoms with Gasteiger partial charge in [0.05, 0.1) is 6.61 Å². The number of ether oxygens (including phenoxy) is 1. The normalized spacial score (nSPS) is 20.5. The first-order valence-corrected chi connectivity index (χ1v) is 6.41. The van der Waals surface area contributed by atoms with Crippen LogP contribution < -0.4 is 5.73 Å². The molecule has 3 nitrogen and oxygen atoms in total. The number of hydrogen-bond donors (Lipinski definition) is 1. The summed E-state index contributed by atoms with van der Waals surface area (Å²) in [7, 11) is 1.73. The summed E-state index contributed by atoms with van der Waals surface area (Å²) in [6, 6.07) is 5.13. The van der Waals surface area contributed by atoms with Crippen LogP contribution in [0.1, 0.15) is 17.5 Å². The topological polar surface area (TPSA) is 38.5 Å². The van der Waals surface area contributed by atoms with Crippen molar-refractivity contribution in [2.24, 2.45) is 11.7 Å². The highest BCUT2D eigenvalue weighted by molar-refractivity contribution is 5.25. The first kappa shape index (κ1) is 13.5. The molecule has 18 heavy (non-hydrogen) atoms. The monoisotopic (exact) mass is 252 g/mol. The van der Waals surface area contributed by atoms with Crippen molar-refractivity contribution in [3.63, 3.8) is 0 Å². The van der Waals surface area contributed by atoms with Gasteiger partial charge in [0, 0.05) is 32.3 Å². The maximum atomic E-state index is 13.7. The maximum Gasteiger partial charge on any atom is 0.127 e. The number of nitrogens with zero attached hydrogens (tertiary/aromatic N) is 1. The van der Waals surface area contributed by atoms with E-state index in [-0.39, 0.29) is 5.82 Å². The van der Waals surface area contributed by atoms with Crippen molar-refractivity contribution in [2.45, 2.75) is 19.5 Å². The van der Waals surface area contributed by atoms with Gasteiger partial charge in [0.1, 0.15) is 5.82 Å². The standard InChI is InChI=1S/C14H21FN2O/c1-18-10-12-4-5-17(8-12)9-13-6-11(7-16)2-3-14(13)15/h2-3,6,12H,4-5,7-10,16H2,1H3. The SMILES string of the molecule is COCC1CCN(Cc2cc(CN)ccc2F)C1. The lowest BCUT2D eigenvalue weighted by atomic mass is 10.1. The van der Waals surface area contributed by atoms with E-state index in [2.05, 4.69) is 4.90 Å². The summed E-state index contributed by atoms with van der Waals surface area (Å²) in [5, 5.41) is 0. The molecule has 1 aliphatic heterocycles. The molecule has 1 aromatic rings. The number of nitrogens with two attached hydrogens (primary N) is 1. The van der Waals surface area contributed by atoms with Crippen molar-refractivity contribution in [1.82, 2.24) is 4.90 Å². The molecule has 1 unspecified atom stereocenters. The zero-order valence-corrected chi connectivity index (χ0v) is 10.9. The van der Waals surface area contributed by atoms with Gasteiger partial charge < -0.3 is 10.5 Å². The van der Waals surface area contributed by atoms with Gasteiger partial charge in [-0.1, -0.05) is 12.1 Å². The van der Waals surface area contributed by atoms with E-state index in [1.807, 2.05) is 6.07 Å². The van der Waals surface area contributed by atoms with Crippen molar-refractivity contribution >= 4 is 0 Å². The van der Waals surface area contributed by atoms with Gasteiger partial charge in [-0.05, 0) is 30.5 Å². The van der Waals surface area contributed by atoms with Crippen LogP contribution >= 0.6 is 0 Å². The summed E-state index contributed by atoms with van der Waals surface area (Å²) < 4.78 is 18.9. The van der Waals surface area contributed by atoms with E-state index in [4.69, 9.17) is 10.5 Å². The zero-order valence-electron chi connectivity index (χ0n) is 10.9. The lowest BCUT2D eigenvalue weighted by molar-refractivity contribution is 0.152. The van der Waals surface area contributed by atoms with Crippen LogP contribution in [-0.4, -0.2) is 31.7 Å². The number of halogens is 1. The van der Waals surface area contributed by atoms with Crippen molar-refractivity contribution in [3.8, 4) is 0 Å². The molecule has 2 rings (SSSR count). The summed E-state index contributed by atoms with van der Waals surface area (Å²) in [5.41, 5.74) is 7.32. The van der Waals surface area contributed by atoms with E-state index in [1.54, 1.807) is 13.2 Å². The summed E-state index contributed by atoms with van der Waals surface area (Å²) in [6.45, 7) is 3.92. The van der Waals surface area contributed by atoms with Crippen LogP contribution in [0, 0.1) is 11.7 Å². The Balaban J connectivity index is 1.97. The molecule has 2 N–H and O–H groups in total. The third kappa shape index (κ3) is 3.28. The molecule has 0 saturated carbocycles. The Morgan fingerprint density at radius 2 is 2.33 bits per heavy atom. The second-order valence-corrected chi connectivity index (χ2v) is 4.98. The first-order chi connectivity index (χ1) is 8.72. The third-order valence-corrected chi connectivity index (χ3v) is 3.51.